The zero-order valence-corrected chi connectivity index (χ0v) is 12.4. The van der Waals surface area contributed by atoms with Crippen molar-refractivity contribution >= 4 is 22.8 Å². The predicted molar refractivity (Wildman–Crippen MR) is 85.4 cm³/mol. The standard InChI is InChI=1S/C15H10ClFN6/c16-13-9(18)2-1-8(17)12(13)10-6-23-7-22-14(11(23)5-21-10)15-19-3-4-20-15/h1-7H,18H2,(H,19,20). The number of nitrogens with two attached hydrogens (primary N) is 1. The third-order valence-corrected chi connectivity index (χ3v) is 3.93. The zero-order chi connectivity index (χ0) is 16.0. The van der Waals surface area contributed by atoms with Crippen molar-refractivity contribution in [3.05, 3.63) is 54.1 Å². The minimum atomic E-state index is -0.484. The number of aromatic nitrogens is 5. The van der Waals surface area contributed by atoms with Gasteiger partial charge in [0.1, 0.15) is 17.8 Å². The number of imidazole rings is 2. The van der Waals surface area contributed by atoms with E-state index < -0.39 is 5.82 Å². The summed E-state index contributed by atoms with van der Waals surface area (Å²) in [5, 5.41) is 0.142. The predicted octanol–water partition coefficient (Wildman–Crippen LogP) is 3.16. The number of anilines is 1. The minimum Gasteiger partial charge on any atom is -0.398 e. The molecule has 114 valence electrons. The van der Waals surface area contributed by atoms with E-state index in [-0.39, 0.29) is 10.6 Å². The lowest BCUT2D eigenvalue weighted by Gasteiger charge is -2.08. The molecule has 0 aliphatic carbocycles. The molecule has 0 saturated carbocycles. The number of aromatic amines is 1. The van der Waals surface area contributed by atoms with Gasteiger partial charge in [0.15, 0.2) is 5.82 Å². The van der Waals surface area contributed by atoms with Gasteiger partial charge >= 0.3 is 0 Å². The van der Waals surface area contributed by atoms with Crippen molar-refractivity contribution < 1.29 is 4.39 Å². The van der Waals surface area contributed by atoms with Gasteiger partial charge in [-0.05, 0) is 12.1 Å². The summed E-state index contributed by atoms with van der Waals surface area (Å²) >= 11 is 6.13. The third kappa shape index (κ3) is 2.13. The van der Waals surface area contributed by atoms with E-state index in [9.17, 15) is 4.39 Å². The Morgan fingerprint density at radius 3 is 2.87 bits per heavy atom. The largest absolute Gasteiger partial charge is 0.398 e. The van der Waals surface area contributed by atoms with Crippen LogP contribution in [-0.4, -0.2) is 24.3 Å². The fourth-order valence-corrected chi connectivity index (χ4v) is 2.66. The molecule has 0 bridgehead atoms. The van der Waals surface area contributed by atoms with Crippen LogP contribution in [0.25, 0.3) is 28.3 Å². The van der Waals surface area contributed by atoms with Crippen molar-refractivity contribution in [2.75, 3.05) is 5.73 Å². The smallest absolute Gasteiger partial charge is 0.158 e. The van der Waals surface area contributed by atoms with Crippen molar-refractivity contribution in [3.63, 3.8) is 0 Å². The average Bonchev–Trinajstić information content (AvgIpc) is 3.19. The van der Waals surface area contributed by atoms with Crippen LogP contribution in [-0.2, 0) is 0 Å². The molecule has 0 fully saturated rings. The van der Waals surface area contributed by atoms with Crippen molar-refractivity contribution in [1.29, 1.82) is 0 Å². The molecular formula is C15H10ClFN6. The number of nitrogen functional groups attached to an aromatic ring is 1. The number of nitrogens with one attached hydrogen (secondary N) is 1. The molecule has 3 N–H and O–H groups in total. The highest BCUT2D eigenvalue weighted by Gasteiger charge is 2.16. The van der Waals surface area contributed by atoms with Crippen LogP contribution in [0.5, 0.6) is 0 Å². The summed E-state index contributed by atoms with van der Waals surface area (Å²) in [5.74, 6) is 0.151. The van der Waals surface area contributed by atoms with E-state index in [2.05, 4.69) is 19.9 Å². The second-order valence-corrected chi connectivity index (χ2v) is 5.30. The lowest BCUT2D eigenvalue weighted by molar-refractivity contribution is 0.631. The fourth-order valence-electron chi connectivity index (χ4n) is 2.41. The lowest BCUT2D eigenvalue weighted by Crippen LogP contribution is -1.96. The maximum absolute atomic E-state index is 14.1. The number of rotatable bonds is 2. The molecule has 3 heterocycles. The van der Waals surface area contributed by atoms with Gasteiger partial charge in [-0.2, -0.15) is 0 Å². The van der Waals surface area contributed by atoms with Crippen LogP contribution in [0.4, 0.5) is 10.1 Å². The summed E-state index contributed by atoms with van der Waals surface area (Å²) in [6.45, 7) is 0. The second kappa shape index (κ2) is 5.06. The van der Waals surface area contributed by atoms with Gasteiger partial charge in [0.25, 0.3) is 0 Å². The normalized spacial score (nSPS) is 11.2. The Morgan fingerprint density at radius 1 is 1.22 bits per heavy atom. The van der Waals surface area contributed by atoms with E-state index >= 15 is 0 Å². The van der Waals surface area contributed by atoms with E-state index in [1.165, 1.54) is 12.1 Å². The molecule has 3 aromatic heterocycles. The van der Waals surface area contributed by atoms with E-state index in [4.69, 9.17) is 17.3 Å². The molecule has 0 aliphatic heterocycles. The summed E-state index contributed by atoms with van der Waals surface area (Å²) in [6.07, 6.45) is 8.21. The fraction of sp³-hybridized carbons (Fsp3) is 0. The molecule has 0 unspecified atom stereocenters. The first-order chi connectivity index (χ1) is 11.1. The van der Waals surface area contributed by atoms with Crippen molar-refractivity contribution in [3.8, 4) is 22.8 Å². The lowest BCUT2D eigenvalue weighted by atomic mass is 10.1. The van der Waals surface area contributed by atoms with Gasteiger partial charge in [0.05, 0.1) is 33.7 Å². The van der Waals surface area contributed by atoms with Gasteiger partial charge in [-0.3, -0.25) is 4.98 Å². The van der Waals surface area contributed by atoms with Gasteiger partial charge in [0, 0.05) is 18.6 Å². The first kappa shape index (κ1) is 13.7. The van der Waals surface area contributed by atoms with E-state index in [0.717, 1.165) is 5.52 Å². The number of hydrogen-bond acceptors (Lipinski definition) is 4. The molecule has 8 heteroatoms. The maximum atomic E-state index is 14.1. The van der Waals surface area contributed by atoms with E-state index in [0.29, 0.717) is 22.9 Å². The van der Waals surface area contributed by atoms with Crippen LogP contribution >= 0.6 is 11.6 Å². The van der Waals surface area contributed by atoms with Crippen LogP contribution in [0.1, 0.15) is 0 Å². The van der Waals surface area contributed by atoms with Crippen molar-refractivity contribution in [2.24, 2.45) is 0 Å². The highest BCUT2D eigenvalue weighted by Crippen LogP contribution is 2.34. The molecular weight excluding hydrogens is 319 g/mol. The molecule has 0 radical (unpaired) electrons. The second-order valence-electron chi connectivity index (χ2n) is 4.92. The Labute approximate surface area is 134 Å². The first-order valence-corrected chi connectivity index (χ1v) is 7.09. The molecule has 4 rings (SSSR count). The van der Waals surface area contributed by atoms with Crippen molar-refractivity contribution in [2.45, 2.75) is 0 Å². The van der Waals surface area contributed by atoms with Gasteiger partial charge in [-0.25, -0.2) is 14.4 Å². The van der Waals surface area contributed by atoms with Crippen LogP contribution in [0.3, 0.4) is 0 Å². The molecule has 0 spiro atoms. The zero-order valence-electron chi connectivity index (χ0n) is 11.7. The quantitative estimate of drug-likeness (QED) is 0.553. The summed E-state index contributed by atoms with van der Waals surface area (Å²) in [7, 11) is 0. The third-order valence-electron chi connectivity index (χ3n) is 3.52. The minimum absolute atomic E-state index is 0.142. The number of H-pyrrole nitrogens is 1. The number of nitrogens with zero attached hydrogens (tertiary/aromatic N) is 4. The Hall–Kier alpha value is -2.93. The number of fused-ring (bicyclic) bond motifs is 1. The van der Waals surface area contributed by atoms with Gasteiger partial charge < -0.3 is 15.1 Å². The highest BCUT2D eigenvalue weighted by molar-refractivity contribution is 6.35. The van der Waals surface area contributed by atoms with Crippen LogP contribution in [0.2, 0.25) is 5.02 Å². The molecule has 0 aliphatic rings. The maximum Gasteiger partial charge on any atom is 0.158 e. The number of halogens is 2. The Balaban J connectivity index is 1.90. The van der Waals surface area contributed by atoms with Crippen LogP contribution in [0.15, 0.2) is 43.2 Å². The summed E-state index contributed by atoms with van der Waals surface area (Å²) in [5.41, 5.74) is 7.99. The van der Waals surface area contributed by atoms with Gasteiger partial charge in [-0.15, -0.1) is 0 Å². The summed E-state index contributed by atoms with van der Waals surface area (Å²) < 4.78 is 15.9. The van der Waals surface area contributed by atoms with Crippen LogP contribution in [0, 0.1) is 5.82 Å². The highest BCUT2D eigenvalue weighted by atomic mass is 35.5. The monoisotopic (exact) mass is 328 g/mol. The average molecular weight is 329 g/mol. The topological polar surface area (TPSA) is 84.9 Å². The summed E-state index contributed by atoms with van der Waals surface area (Å²) in [6, 6.07) is 2.69. The molecule has 23 heavy (non-hydrogen) atoms. The molecule has 4 aromatic rings. The van der Waals surface area contributed by atoms with Gasteiger partial charge in [-0.1, -0.05) is 11.6 Å². The molecule has 0 saturated heterocycles. The SMILES string of the molecule is Nc1ccc(F)c(-c2cn3cnc(-c4ncc[nH]4)c3cn2)c1Cl. The first-order valence-electron chi connectivity index (χ1n) is 6.71. The molecule has 0 amide bonds. The molecule has 6 nitrogen and oxygen atoms in total. The van der Waals surface area contributed by atoms with Crippen molar-refractivity contribution in [1.82, 2.24) is 24.3 Å². The van der Waals surface area contributed by atoms with E-state index in [1.54, 1.807) is 35.5 Å². The Bertz CT molecular complexity index is 1010. The number of benzene rings is 1. The Morgan fingerprint density at radius 2 is 2.09 bits per heavy atom. The Kier molecular flexibility index (Phi) is 3.02. The molecule has 1 aromatic carbocycles. The summed E-state index contributed by atoms with van der Waals surface area (Å²) in [4.78, 5) is 15.8. The number of hydrogen-bond donors (Lipinski definition) is 2. The molecule has 0 atom stereocenters. The van der Waals surface area contributed by atoms with Gasteiger partial charge in [0.2, 0.25) is 0 Å². The van der Waals surface area contributed by atoms with Crippen LogP contribution < -0.4 is 5.73 Å². The van der Waals surface area contributed by atoms with E-state index in [1.807, 2.05) is 0 Å².